The minimum absolute atomic E-state index is 0.0833. The second-order valence-corrected chi connectivity index (χ2v) is 8.89. The molecule has 33 heavy (non-hydrogen) atoms. The molecule has 0 unspecified atom stereocenters. The molecule has 5 rings (SSSR count). The standard InChI is InChI=1S/C26H17NO5S/c28-25-23(19-11-3-1-4-12-19)24(20-13-5-2-6-14-20)26(29)27(25)32-33(30,31)22-17-9-15-18-10-7-8-16-21(18)22/h1-17H. The van der Waals surface area contributed by atoms with Crippen LogP contribution in [0, 0.1) is 0 Å². The van der Waals surface area contributed by atoms with Gasteiger partial charge in [-0.2, -0.15) is 8.42 Å². The zero-order valence-corrected chi connectivity index (χ0v) is 18.0. The fraction of sp³-hybridized carbons (Fsp3) is 0. The van der Waals surface area contributed by atoms with Gasteiger partial charge in [0.1, 0.15) is 4.90 Å². The summed E-state index contributed by atoms with van der Waals surface area (Å²) in [6, 6.07) is 28.9. The van der Waals surface area contributed by atoms with Gasteiger partial charge in [0, 0.05) is 5.39 Å². The Labute approximate surface area is 190 Å². The molecule has 162 valence electrons. The summed E-state index contributed by atoms with van der Waals surface area (Å²) in [5.74, 6) is -1.68. The van der Waals surface area contributed by atoms with Crippen LogP contribution >= 0.6 is 0 Å². The Morgan fingerprint density at radius 2 is 1.06 bits per heavy atom. The highest BCUT2D eigenvalue weighted by atomic mass is 32.2. The molecule has 1 aliphatic rings. The summed E-state index contributed by atoms with van der Waals surface area (Å²) < 4.78 is 31.6. The molecule has 1 heterocycles. The summed E-state index contributed by atoms with van der Waals surface area (Å²) >= 11 is 0. The first-order valence-corrected chi connectivity index (χ1v) is 11.5. The molecule has 0 spiro atoms. The maximum Gasteiger partial charge on any atom is 0.318 e. The van der Waals surface area contributed by atoms with Crippen molar-refractivity contribution in [2.24, 2.45) is 0 Å². The number of fused-ring (bicyclic) bond motifs is 1. The second kappa shape index (κ2) is 8.12. The number of rotatable bonds is 5. The van der Waals surface area contributed by atoms with Crippen molar-refractivity contribution in [3.05, 3.63) is 114 Å². The van der Waals surface area contributed by atoms with E-state index in [1.165, 1.54) is 6.07 Å². The average Bonchev–Trinajstić information content (AvgIpc) is 3.09. The van der Waals surface area contributed by atoms with Crippen molar-refractivity contribution < 1.29 is 22.3 Å². The molecular formula is C26H17NO5S. The molecule has 6 nitrogen and oxygen atoms in total. The fourth-order valence-electron chi connectivity index (χ4n) is 3.87. The Hall–Kier alpha value is -4.07. The highest BCUT2D eigenvalue weighted by Gasteiger charge is 2.43. The van der Waals surface area contributed by atoms with Gasteiger partial charge in [-0.25, -0.2) is 0 Å². The molecule has 2 amide bonds. The minimum atomic E-state index is -4.49. The van der Waals surface area contributed by atoms with Crippen LogP contribution in [-0.4, -0.2) is 25.3 Å². The zero-order valence-electron chi connectivity index (χ0n) is 17.2. The van der Waals surface area contributed by atoms with Crippen LogP contribution in [-0.2, 0) is 24.0 Å². The molecule has 7 heteroatoms. The number of hydrogen-bond donors (Lipinski definition) is 0. The Morgan fingerprint density at radius 1 is 0.576 bits per heavy atom. The molecule has 0 atom stereocenters. The maximum atomic E-state index is 13.3. The Bertz CT molecular complexity index is 1460. The lowest BCUT2D eigenvalue weighted by molar-refractivity contribution is -0.160. The van der Waals surface area contributed by atoms with Gasteiger partial charge in [0.15, 0.2) is 0 Å². The van der Waals surface area contributed by atoms with Gasteiger partial charge < -0.3 is 0 Å². The smallest absolute Gasteiger partial charge is 0.266 e. The number of carbonyl (C=O) groups is 2. The maximum absolute atomic E-state index is 13.3. The molecule has 4 aromatic rings. The number of benzene rings is 4. The van der Waals surface area contributed by atoms with Crippen LogP contribution in [0.5, 0.6) is 0 Å². The van der Waals surface area contributed by atoms with Crippen molar-refractivity contribution in [1.82, 2.24) is 5.06 Å². The lowest BCUT2D eigenvalue weighted by atomic mass is 9.96. The first-order chi connectivity index (χ1) is 16.0. The van der Waals surface area contributed by atoms with Gasteiger partial charge in [-0.1, -0.05) is 97.1 Å². The van der Waals surface area contributed by atoms with Gasteiger partial charge in [-0.3, -0.25) is 9.59 Å². The van der Waals surface area contributed by atoms with Crippen molar-refractivity contribution >= 4 is 43.9 Å². The van der Waals surface area contributed by atoms with E-state index in [4.69, 9.17) is 4.28 Å². The van der Waals surface area contributed by atoms with Crippen LogP contribution in [0.15, 0.2) is 108 Å². The zero-order chi connectivity index (χ0) is 23.0. The number of nitrogens with zero attached hydrogens (tertiary/aromatic N) is 1. The number of imide groups is 1. The van der Waals surface area contributed by atoms with Gasteiger partial charge >= 0.3 is 10.1 Å². The SMILES string of the molecule is O=C1C(c2ccccc2)=C(c2ccccc2)C(=O)N1OS(=O)(=O)c1cccc2ccccc12. The number of hydrogen-bond acceptors (Lipinski definition) is 5. The largest absolute Gasteiger partial charge is 0.318 e. The van der Waals surface area contributed by atoms with Crippen molar-refractivity contribution in [3.8, 4) is 0 Å². The van der Waals surface area contributed by atoms with Crippen LogP contribution in [0.1, 0.15) is 11.1 Å². The Balaban J connectivity index is 1.60. The summed E-state index contributed by atoms with van der Waals surface area (Å²) in [6.45, 7) is 0. The topological polar surface area (TPSA) is 80.8 Å². The monoisotopic (exact) mass is 455 g/mol. The molecule has 4 aromatic carbocycles. The number of amides is 2. The van der Waals surface area contributed by atoms with E-state index in [0.29, 0.717) is 27.0 Å². The predicted molar refractivity (Wildman–Crippen MR) is 124 cm³/mol. The molecular weight excluding hydrogens is 438 g/mol. The third kappa shape index (κ3) is 3.63. The van der Waals surface area contributed by atoms with Crippen LogP contribution in [0.3, 0.4) is 0 Å². The van der Waals surface area contributed by atoms with Gasteiger partial charge in [-0.15, -0.1) is 9.35 Å². The Morgan fingerprint density at radius 3 is 1.64 bits per heavy atom. The highest BCUT2D eigenvalue weighted by Crippen LogP contribution is 2.37. The van der Waals surface area contributed by atoms with E-state index in [2.05, 4.69) is 0 Å². The number of carbonyl (C=O) groups excluding carboxylic acids is 2. The average molecular weight is 455 g/mol. The van der Waals surface area contributed by atoms with E-state index in [1.54, 1.807) is 97.1 Å². The molecule has 0 N–H and O–H groups in total. The highest BCUT2D eigenvalue weighted by molar-refractivity contribution is 7.87. The van der Waals surface area contributed by atoms with E-state index in [9.17, 15) is 18.0 Å². The van der Waals surface area contributed by atoms with Crippen molar-refractivity contribution in [2.75, 3.05) is 0 Å². The summed E-state index contributed by atoms with van der Waals surface area (Å²) in [7, 11) is -4.49. The number of hydroxylamine groups is 2. The lowest BCUT2D eigenvalue weighted by Gasteiger charge is -2.15. The summed E-state index contributed by atoms with van der Waals surface area (Å²) in [5.41, 5.74) is 1.14. The Kier molecular flexibility index (Phi) is 5.12. The predicted octanol–water partition coefficient (Wildman–Crippen LogP) is 4.44. The van der Waals surface area contributed by atoms with E-state index in [-0.39, 0.29) is 16.0 Å². The molecule has 1 aliphatic heterocycles. The van der Waals surface area contributed by atoms with E-state index in [0.717, 1.165) is 0 Å². The summed E-state index contributed by atoms with van der Waals surface area (Å²) in [4.78, 5) is 26.5. The quantitative estimate of drug-likeness (QED) is 0.416. The van der Waals surface area contributed by atoms with Gasteiger partial charge in [0.25, 0.3) is 11.8 Å². The molecule has 0 fully saturated rings. The first-order valence-electron chi connectivity index (χ1n) is 10.1. The van der Waals surface area contributed by atoms with Gasteiger partial charge in [0.2, 0.25) is 0 Å². The third-order valence-corrected chi connectivity index (χ3v) is 6.60. The van der Waals surface area contributed by atoms with Crippen molar-refractivity contribution in [2.45, 2.75) is 4.90 Å². The minimum Gasteiger partial charge on any atom is -0.266 e. The van der Waals surface area contributed by atoms with Gasteiger partial charge in [0.05, 0.1) is 11.1 Å². The van der Waals surface area contributed by atoms with Crippen molar-refractivity contribution in [3.63, 3.8) is 0 Å². The first kappa shape index (κ1) is 20.8. The second-order valence-electron chi connectivity index (χ2n) is 7.39. The molecule has 0 saturated heterocycles. The van der Waals surface area contributed by atoms with Crippen LogP contribution in [0.2, 0.25) is 0 Å². The van der Waals surface area contributed by atoms with Gasteiger partial charge in [-0.05, 0) is 22.6 Å². The summed E-state index contributed by atoms with van der Waals surface area (Å²) in [6.07, 6.45) is 0. The van der Waals surface area contributed by atoms with E-state index >= 15 is 0 Å². The molecule has 0 saturated carbocycles. The molecule has 0 aromatic heterocycles. The molecule has 0 bridgehead atoms. The lowest BCUT2D eigenvalue weighted by Crippen LogP contribution is -2.34. The molecule has 0 radical (unpaired) electrons. The van der Waals surface area contributed by atoms with E-state index < -0.39 is 21.9 Å². The van der Waals surface area contributed by atoms with Crippen LogP contribution in [0.25, 0.3) is 21.9 Å². The van der Waals surface area contributed by atoms with Crippen molar-refractivity contribution in [1.29, 1.82) is 0 Å². The van der Waals surface area contributed by atoms with Crippen LogP contribution < -0.4 is 0 Å². The fourth-order valence-corrected chi connectivity index (χ4v) is 4.99. The normalized spacial score (nSPS) is 14.4. The van der Waals surface area contributed by atoms with Crippen LogP contribution in [0.4, 0.5) is 0 Å². The summed E-state index contributed by atoms with van der Waals surface area (Å²) in [5, 5.41) is 1.45. The molecule has 0 aliphatic carbocycles. The van der Waals surface area contributed by atoms with E-state index in [1.807, 2.05) is 0 Å². The third-order valence-electron chi connectivity index (χ3n) is 5.36.